The molecule has 3 rings (SSSR count). The van der Waals surface area contributed by atoms with E-state index in [9.17, 15) is 13.2 Å². The molecule has 1 heterocycles. The highest BCUT2D eigenvalue weighted by molar-refractivity contribution is 6.30. The van der Waals surface area contributed by atoms with Crippen LogP contribution in [0.3, 0.4) is 0 Å². The Morgan fingerprint density at radius 2 is 1.47 bits per heavy atom. The monoisotopic (exact) mass is 434 g/mol. The van der Waals surface area contributed by atoms with E-state index in [-0.39, 0.29) is 11.8 Å². The van der Waals surface area contributed by atoms with Gasteiger partial charge in [0.15, 0.2) is 5.82 Å². The van der Waals surface area contributed by atoms with Crippen LogP contribution in [0.15, 0.2) is 54.7 Å². The molecule has 0 saturated heterocycles. The van der Waals surface area contributed by atoms with E-state index in [1.54, 1.807) is 55.4 Å². The van der Waals surface area contributed by atoms with E-state index in [2.05, 4.69) is 16.9 Å². The van der Waals surface area contributed by atoms with Crippen LogP contribution in [-0.4, -0.2) is 24.1 Å². The normalized spacial score (nSPS) is 11.4. The van der Waals surface area contributed by atoms with Crippen LogP contribution < -0.4 is 9.80 Å². The molecule has 4 nitrogen and oxygen atoms in total. The largest absolute Gasteiger partial charge is 0.421 e. The number of hydrogen-bond acceptors (Lipinski definition) is 4. The second-order valence-electron chi connectivity index (χ2n) is 6.92. The third-order valence-electron chi connectivity index (χ3n) is 4.76. The predicted molar refractivity (Wildman–Crippen MR) is 115 cm³/mol. The van der Waals surface area contributed by atoms with Gasteiger partial charge in [-0.2, -0.15) is 18.2 Å². The van der Waals surface area contributed by atoms with Crippen molar-refractivity contribution in [3.05, 3.63) is 70.9 Å². The minimum Gasteiger partial charge on any atom is -0.329 e. The summed E-state index contributed by atoms with van der Waals surface area (Å²) in [5, 5.41) is 0.562. The van der Waals surface area contributed by atoms with E-state index in [0.717, 1.165) is 24.6 Å². The van der Waals surface area contributed by atoms with Crippen LogP contribution in [0.4, 0.5) is 36.3 Å². The van der Waals surface area contributed by atoms with Gasteiger partial charge in [-0.25, -0.2) is 4.98 Å². The zero-order valence-corrected chi connectivity index (χ0v) is 17.7. The van der Waals surface area contributed by atoms with Gasteiger partial charge in [0.05, 0.1) is 0 Å². The van der Waals surface area contributed by atoms with Crippen molar-refractivity contribution in [3.63, 3.8) is 0 Å². The molecule has 2 aromatic carbocycles. The fourth-order valence-corrected chi connectivity index (χ4v) is 3.18. The lowest BCUT2D eigenvalue weighted by atomic mass is 10.1. The third-order valence-corrected chi connectivity index (χ3v) is 5.01. The van der Waals surface area contributed by atoms with Crippen LogP contribution in [-0.2, 0) is 12.6 Å². The highest BCUT2D eigenvalue weighted by Crippen LogP contribution is 2.38. The van der Waals surface area contributed by atoms with Gasteiger partial charge in [-0.15, -0.1) is 0 Å². The van der Waals surface area contributed by atoms with Crippen molar-refractivity contribution in [3.8, 4) is 0 Å². The van der Waals surface area contributed by atoms with Crippen molar-refractivity contribution >= 4 is 34.7 Å². The minimum atomic E-state index is -4.58. The number of aromatic nitrogens is 2. The first-order valence-electron chi connectivity index (χ1n) is 9.47. The van der Waals surface area contributed by atoms with Gasteiger partial charge in [0, 0.05) is 36.7 Å². The fraction of sp³-hybridized carbons (Fsp3) is 0.273. The van der Waals surface area contributed by atoms with Crippen molar-refractivity contribution < 1.29 is 13.2 Å². The fourth-order valence-electron chi connectivity index (χ4n) is 3.06. The van der Waals surface area contributed by atoms with Crippen molar-refractivity contribution in [2.75, 3.05) is 23.9 Å². The second-order valence-corrected chi connectivity index (χ2v) is 7.35. The molecule has 0 radical (unpaired) electrons. The quantitative estimate of drug-likeness (QED) is 0.435. The Bertz CT molecular complexity index is 989. The average Bonchev–Trinajstić information content (AvgIpc) is 2.73. The summed E-state index contributed by atoms with van der Waals surface area (Å²) in [6.07, 6.45) is -1.84. The van der Waals surface area contributed by atoms with Crippen LogP contribution in [0.5, 0.6) is 0 Å². The maximum atomic E-state index is 13.7. The van der Waals surface area contributed by atoms with Gasteiger partial charge in [0.1, 0.15) is 5.56 Å². The molecule has 0 spiro atoms. The minimum absolute atomic E-state index is 0.148. The molecule has 0 atom stereocenters. The molecule has 0 amide bonds. The van der Waals surface area contributed by atoms with Gasteiger partial charge in [-0.1, -0.05) is 37.1 Å². The van der Waals surface area contributed by atoms with E-state index in [1.165, 1.54) is 4.90 Å². The molecular weight excluding hydrogens is 413 g/mol. The van der Waals surface area contributed by atoms with Crippen LogP contribution in [0, 0.1) is 0 Å². The molecule has 0 fully saturated rings. The summed E-state index contributed by atoms with van der Waals surface area (Å²) in [6, 6.07) is 14.3. The molecule has 158 valence electrons. The molecule has 0 unspecified atom stereocenters. The number of hydrogen-bond donors (Lipinski definition) is 0. The van der Waals surface area contributed by atoms with Crippen LogP contribution in [0.1, 0.15) is 24.5 Å². The van der Waals surface area contributed by atoms with E-state index in [0.29, 0.717) is 16.4 Å². The van der Waals surface area contributed by atoms with Crippen LogP contribution in [0.25, 0.3) is 0 Å². The topological polar surface area (TPSA) is 32.3 Å². The first-order valence-corrected chi connectivity index (χ1v) is 9.84. The number of nitrogens with zero attached hydrogens (tertiary/aromatic N) is 4. The first-order chi connectivity index (χ1) is 14.2. The predicted octanol–water partition coefficient (Wildman–Crippen LogP) is 6.64. The van der Waals surface area contributed by atoms with Crippen molar-refractivity contribution in [1.82, 2.24) is 9.97 Å². The molecule has 8 heteroatoms. The van der Waals surface area contributed by atoms with Crippen molar-refractivity contribution in [1.29, 1.82) is 0 Å². The lowest BCUT2D eigenvalue weighted by Gasteiger charge is -2.25. The molecule has 1 aromatic heterocycles. The van der Waals surface area contributed by atoms with Gasteiger partial charge in [-0.3, -0.25) is 0 Å². The molecular formula is C22H22ClF3N4. The Morgan fingerprint density at radius 1 is 0.900 bits per heavy atom. The Labute approximate surface area is 178 Å². The third kappa shape index (κ3) is 4.84. The van der Waals surface area contributed by atoms with Crippen LogP contribution >= 0.6 is 11.6 Å². The molecule has 0 aliphatic heterocycles. The highest BCUT2D eigenvalue weighted by Gasteiger charge is 2.37. The summed E-state index contributed by atoms with van der Waals surface area (Å²) in [5.41, 5.74) is 1.56. The molecule has 0 saturated carbocycles. The smallest absolute Gasteiger partial charge is 0.329 e. The maximum Gasteiger partial charge on any atom is 0.421 e. The molecule has 3 aromatic rings. The van der Waals surface area contributed by atoms with Crippen LogP contribution in [0.2, 0.25) is 5.02 Å². The maximum absolute atomic E-state index is 13.7. The van der Waals surface area contributed by atoms with Crippen molar-refractivity contribution in [2.45, 2.75) is 25.9 Å². The molecule has 0 N–H and O–H groups in total. The van der Waals surface area contributed by atoms with Gasteiger partial charge >= 0.3 is 6.18 Å². The Hall–Kier alpha value is -2.80. The summed E-state index contributed by atoms with van der Waals surface area (Å²) in [4.78, 5) is 11.3. The lowest BCUT2D eigenvalue weighted by Crippen LogP contribution is -2.21. The highest BCUT2D eigenvalue weighted by atomic mass is 35.5. The van der Waals surface area contributed by atoms with Gasteiger partial charge in [-0.05, 0) is 48.4 Å². The average molecular weight is 435 g/mol. The lowest BCUT2D eigenvalue weighted by molar-refractivity contribution is -0.137. The summed E-state index contributed by atoms with van der Waals surface area (Å²) >= 11 is 5.92. The van der Waals surface area contributed by atoms with Crippen molar-refractivity contribution in [2.24, 2.45) is 0 Å². The van der Waals surface area contributed by atoms with E-state index >= 15 is 0 Å². The van der Waals surface area contributed by atoms with E-state index in [1.807, 2.05) is 12.1 Å². The number of rotatable bonds is 6. The van der Waals surface area contributed by atoms with Gasteiger partial charge in [0.25, 0.3) is 0 Å². The number of anilines is 4. The standard InChI is InChI=1S/C22H22ClF3N4/c1-4-5-15-6-10-17(11-7-15)29(2)20-19(22(24,25)26)14-27-21(28-20)30(3)18-12-8-16(23)9-13-18/h6-14H,4-5H2,1-3H3. The number of benzene rings is 2. The number of halogens is 4. The summed E-state index contributed by atoms with van der Waals surface area (Å²) < 4.78 is 41.0. The number of aryl methyl sites for hydroxylation is 1. The zero-order chi connectivity index (χ0) is 21.9. The number of alkyl halides is 3. The zero-order valence-electron chi connectivity index (χ0n) is 16.9. The Kier molecular flexibility index (Phi) is 6.51. The molecule has 0 aliphatic carbocycles. The molecule has 0 aliphatic rings. The second kappa shape index (κ2) is 8.92. The first kappa shape index (κ1) is 21.9. The summed E-state index contributed by atoms with van der Waals surface area (Å²) in [6.45, 7) is 2.08. The SMILES string of the molecule is CCCc1ccc(N(C)c2nc(N(C)c3ccc(Cl)cc3)ncc2C(F)(F)F)cc1. The molecule has 30 heavy (non-hydrogen) atoms. The van der Waals surface area contributed by atoms with Gasteiger partial charge < -0.3 is 9.80 Å². The Morgan fingerprint density at radius 3 is 2.03 bits per heavy atom. The molecule has 0 bridgehead atoms. The van der Waals surface area contributed by atoms with E-state index in [4.69, 9.17) is 11.6 Å². The summed E-state index contributed by atoms with van der Waals surface area (Å²) in [5.74, 6) is -0.0636. The summed E-state index contributed by atoms with van der Waals surface area (Å²) in [7, 11) is 3.26. The Balaban J connectivity index is 2.01. The van der Waals surface area contributed by atoms with Gasteiger partial charge in [0.2, 0.25) is 5.95 Å². The van der Waals surface area contributed by atoms with E-state index < -0.39 is 11.7 Å².